The van der Waals surface area contributed by atoms with Crippen molar-refractivity contribution in [3.63, 3.8) is 0 Å². The first-order valence-corrected chi connectivity index (χ1v) is 6.62. The van der Waals surface area contributed by atoms with Crippen molar-refractivity contribution in [3.8, 4) is 0 Å². The third kappa shape index (κ3) is 3.15. The summed E-state index contributed by atoms with van der Waals surface area (Å²) >= 11 is 5.77. The van der Waals surface area contributed by atoms with E-state index in [1.165, 1.54) is 0 Å². The highest BCUT2D eigenvalue weighted by molar-refractivity contribution is 14.1. The number of hydrogen-bond donors (Lipinski definition) is 0. The molecule has 0 radical (unpaired) electrons. The SMILES string of the molecule is CC1(I)COC(c2ccc(Br)cc2)OC1. The average molecular weight is 383 g/mol. The number of rotatable bonds is 1. The highest BCUT2D eigenvalue weighted by atomic mass is 127. The van der Waals surface area contributed by atoms with Gasteiger partial charge in [-0.1, -0.05) is 50.7 Å². The number of ether oxygens (including phenoxy) is 2. The molecule has 0 spiro atoms. The maximum Gasteiger partial charge on any atom is 0.183 e. The summed E-state index contributed by atoms with van der Waals surface area (Å²) in [5.74, 6) is 0. The number of halogens is 2. The lowest BCUT2D eigenvalue weighted by Gasteiger charge is -2.33. The van der Waals surface area contributed by atoms with E-state index in [9.17, 15) is 0 Å². The van der Waals surface area contributed by atoms with E-state index in [0.29, 0.717) is 0 Å². The third-order valence-electron chi connectivity index (χ3n) is 2.21. The summed E-state index contributed by atoms with van der Waals surface area (Å²) in [6, 6.07) is 8.04. The minimum absolute atomic E-state index is 0.101. The zero-order valence-corrected chi connectivity index (χ0v) is 12.1. The van der Waals surface area contributed by atoms with Gasteiger partial charge in [-0.3, -0.25) is 0 Å². The van der Waals surface area contributed by atoms with E-state index in [4.69, 9.17) is 9.47 Å². The zero-order valence-electron chi connectivity index (χ0n) is 8.37. The molecule has 15 heavy (non-hydrogen) atoms. The number of hydrogen-bond acceptors (Lipinski definition) is 2. The molecule has 1 saturated heterocycles. The molecule has 1 fully saturated rings. The molecule has 0 N–H and O–H groups in total. The minimum Gasteiger partial charge on any atom is -0.347 e. The Balaban J connectivity index is 2.04. The second kappa shape index (κ2) is 4.69. The van der Waals surface area contributed by atoms with Crippen molar-refractivity contribution < 1.29 is 9.47 Å². The second-order valence-electron chi connectivity index (χ2n) is 3.92. The topological polar surface area (TPSA) is 18.5 Å². The van der Waals surface area contributed by atoms with Crippen LogP contribution in [0.4, 0.5) is 0 Å². The van der Waals surface area contributed by atoms with E-state index in [0.717, 1.165) is 23.2 Å². The minimum atomic E-state index is -0.207. The van der Waals surface area contributed by atoms with E-state index in [1.54, 1.807) is 0 Å². The van der Waals surface area contributed by atoms with Gasteiger partial charge in [-0.15, -0.1) is 0 Å². The van der Waals surface area contributed by atoms with E-state index in [2.05, 4.69) is 45.4 Å². The van der Waals surface area contributed by atoms with Gasteiger partial charge >= 0.3 is 0 Å². The quantitative estimate of drug-likeness (QED) is 0.544. The van der Waals surface area contributed by atoms with Gasteiger partial charge in [0.1, 0.15) is 0 Å². The molecule has 4 heteroatoms. The van der Waals surface area contributed by atoms with Gasteiger partial charge in [-0.25, -0.2) is 0 Å². The predicted octanol–water partition coefficient (Wildman–Crippen LogP) is 3.69. The lowest BCUT2D eigenvalue weighted by atomic mass is 10.1. The molecule has 0 saturated carbocycles. The predicted molar refractivity (Wildman–Crippen MR) is 71.2 cm³/mol. The molecule has 1 aromatic carbocycles. The van der Waals surface area contributed by atoms with Crippen molar-refractivity contribution >= 4 is 38.5 Å². The van der Waals surface area contributed by atoms with Crippen molar-refractivity contribution in [1.29, 1.82) is 0 Å². The molecule has 0 aromatic heterocycles. The van der Waals surface area contributed by atoms with Crippen LogP contribution in [0, 0.1) is 0 Å². The summed E-state index contributed by atoms with van der Waals surface area (Å²) in [5.41, 5.74) is 1.07. The standard InChI is InChI=1S/C11H12BrIO2/c1-11(13)6-14-10(15-7-11)8-2-4-9(12)5-3-8/h2-5,10H,6-7H2,1H3. The average Bonchev–Trinajstić information content (AvgIpc) is 2.20. The Hall–Kier alpha value is 0.350. The largest absolute Gasteiger partial charge is 0.347 e. The van der Waals surface area contributed by atoms with E-state index < -0.39 is 0 Å². The van der Waals surface area contributed by atoms with Crippen LogP contribution in [0.1, 0.15) is 18.8 Å². The summed E-state index contributed by atoms with van der Waals surface area (Å²) in [5, 5.41) is 0. The number of benzene rings is 1. The molecule has 1 aliphatic heterocycles. The van der Waals surface area contributed by atoms with Crippen LogP contribution in [0.5, 0.6) is 0 Å². The van der Waals surface area contributed by atoms with Gasteiger partial charge in [0.25, 0.3) is 0 Å². The summed E-state index contributed by atoms with van der Waals surface area (Å²) in [6.45, 7) is 3.59. The highest BCUT2D eigenvalue weighted by Gasteiger charge is 2.30. The van der Waals surface area contributed by atoms with Gasteiger partial charge in [0.2, 0.25) is 0 Å². The first-order chi connectivity index (χ1) is 7.07. The van der Waals surface area contributed by atoms with Crippen molar-refractivity contribution in [2.24, 2.45) is 0 Å². The molecule has 0 unspecified atom stereocenters. The molecule has 1 aromatic rings. The smallest absolute Gasteiger partial charge is 0.183 e. The Morgan fingerprint density at radius 2 is 1.80 bits per heavy atom. The molecular weight excluding hydrogens is 371 g/mol. The van der Waals surface area contributed by atoms with Crippen LogP contribution < -0.4 is 0 Å². The summed E-state index contributed by atoms with van der Waals surface area (Å²) in [7, 11) is 0. The Morgan fingerprint density at radius 3 is 2.33 bits per heavy atom. The Kier molecular flexibility index (Phi) is 3.70. The van der Waals surface area contributed by atoms with Gasteiger partial charge in [0.05, 0.1) is 16.6 Å². The third-order valence-corrected chi connectivity index (χ3v) is 3.36. The Morgan fingerprint density at radius 1 is 1.27 bits per heavy atom. The molecule has 2 rings (SSSR count). The van der Waals surface area contributed by atoms with Gasteiger partial charge < -0.3 is 9.47 Å². The Bertz CT molecular complexity index is 327. The van der Waals surface area contributed by atoms with Gasteiger partial charge in [-0.2, -0.15) is 0 Å². The fourth-order valence-electron chi connectivity index (χ4n) is 1.40. The van der Waals surface area contributed by atoms with Gasteiger partial charge in [0.15, 0.2) is 6.29 Å². The zero-order chi connectivity index (χ0) is 10.9. The second-order valence-corrected chi connectivity index (χ2v) is 7.44. The molecule has 0 bridgehead atoms. The van der Waals surface area contributed by atoms with E-state index in [-0.39, 0.29) is 9.71 Å². The highest BCUT2D eigenvalue weighted by Crippen LogP contribution is 2.31. The fourth-order valence-corrected chi connectivity index (χ4v) is 2.02. The van der Waals surface area contributed by atoms with E-state index in [1.807, 2.05) is 24.3 Å². The van der Waals surface area contributed by atoms with Crippen molar-refractivity contribution in [2.75, 3.05) is 13.2 Å². The number of alkyl halides is 1. The van der Waals surface area contributed by atoms with Gasteiger partial charge in [-0.05, 0) is 19.1 Å². The molecule has 0 amide bonds. The van der Waals surface area contributed by atoms with Crippen LogP contribution in [0.2, 0.25) is 0 Å². The molecule has 82 valence electrons. The first kappa shape index (κ1) is 11.8. The van der Waals surface area contributed by atoms with Crippen LogP contribution in [-0.4, -0.2) is 16.6 Å². The van der Waals surface area contributed by atoms with Crippen molar-refractivity contribution in [3.05, 3.63) is 34.3 Å². The molecule has 2 nitrogen and oxygen atoms in total. The maximum atomic E-state index is 5.67. The van der Waals surface area contributed by atoms with E-state index >= 15 is 0 Å². The summed E-state index contributed by atoms with van der Waals surface area (Å²) in [4.78, 5) is 0. The summed E-state index contributed by atoms with van der Waals surface area (Å²) < 4.78 is 12.5. The molecule has 1 aliphatic rings. The van der Waals surface area contributed by atoms with Crippen molar-refractivity contribution in [2.45, 2.75) is 16.6 Å². The maximum absolute atomic E-state index is 5.67. The Labute approximate surface area is 112 Å². The first-order valence-electron chi connectivity index (χ1n) is 4.74. The lowest BCUT2D eigenvalue weighted by Crippen LogP contribution is -2.36. The fraction of sp³-hybridized carbons (Fsp3) is 0.455. The normalized spacial score (nSPS) is 31.5. The lowest BCUT2D eigenvalue weighted by molar-refractivity contribution is -0.191. The molecule has 0 aliphatic carbocycles. The van der Waals surface area contributed by atoms with Crippen LogP contribution in [-0.2, 0) is 9.47 Å². The van der Waals surface area contributed by atoms with Crippen LogP contribution >= 0.6 is 38.5 Å². The molecule has 1 heterocycles. The van der Waals surface area contributed by atoms with Crippen LogP contribution in [0.15, 0.2) is 28.7 Å². The summed E-state index contributed by atoms with van der Waals surface area (Å²) in [6.07, 6.45) is -0.207. The van der Waals surface area contributed by atoms with Gasteiger partial charge in [0, 0.05) is 10.0 Å². The van der Waals surface area contributed by atoms with Crippen LogP contribution in [0.25, 0.3) is 0 Å². The molecule has 0 atom stereocenters. The van der Waals surface area contributed by atoms with Crippen molar-refractivity contribution in [1.82, 2.24) is 0 Å². The molecular formula is C11H12BrIO2. The van der Waals surface area contributed by atoms with Crippen LogP contribution in [0.3, 0.4) is 0 Å². The monoisotopic (exact) mass is 382 g/mol.